The van der Waals surface area contributed by atoms with E-state index in [2.05, 4.69) is 41.2 Å². The van der Waals surface area contributed by atoms with Gasteiger partial charge in [0.2, 0.25) is 0 Å². The molecule has 0 aliphatic rings. The molecule has 0 amide bonds. The van der Waals surface area contributed by atoms with Gasteiger partial charge in [0.1, 0.15) is 5.75 Å². The number of rotatable bonds is 7. The van der Waals surface area contributed by atoms with Crippen molar-refractivity contribution in [2.24, 2.45) is 0 Å². The summed E-state index contributed by atoms with van der Waals surface area (Å²) in [7, 11) is 1.71. The predicted molar refractivity (Wildman–Crippen MR) is 78.3 cm³/mol. The van der Waals surface area contributed by atoms with E-state index >= 15 is 0 Å². The Morgan fingerprint density at radius 2 is 1.95 bits per heavy atom. The number of methoxy groups -OCH3 is 1. The van der Waals surface area contributed by atoms with Crippen LogP contribution in [0.2, 0.25) is 0 Å². The van der Waals surface area contributed by atoms with Crippen molar-refractivity contribution in [1.29, 1.82) is 0 Å². The highest BCUT2D eigenvalue weighted by Crippen LogP contribution is 2.16. The molecule has 1 N–H and O–H groups in total. The lowest BCUT2D eigenvalue weighted by molar-refractivity contribution is 0.407. The molecule has 3 heteroatoms. The first-order chi connectivity index (χ1) is 9.35. The second-order valence-electron chi connectivity index (χ2n) is 4.61. The fourth-order valence-electron chi connectivity index (χ4n) is 2.24. The summed E-state index contributed by atoms with van der Waals surface area (Å²) in [6, 6.07) is 12.4. The van der Waals surface area contributed by atoms with Crippen LogP contribution in [0, 0.1) is 0 Å². The number of hydrogen-bond acceptors (Lipinski definition) is 2. The molecule has 1 heterocycles. The molecule has 0 aliphatic carbocycles. The van der Waals surface area contributed by atoms with Crippen molar-refractivity contribution in [3.8, 4) is 5.75 Å². The lowest BCUT2D eigenvalue weighted by atomic mass is 10.2. The van der Waals surface area contributed by atoms with Crippen molar-refractivity contribution < 1.29 is 4.74 Å². The number of benzene rings is 1. The summed E-state index contributed by atoms with van der Waals surface area (Å²) < 4.78 is 7.65. The molecule has 102 valence electrons. The molecular formula is C16H22N2O. The Bertz CT molecular complexity index is 505. The Kier molecular flexibility index (Phi) is 5.04. The van der Waals surface area contributed by atoms with Crippen molar-refractivity contribution in [2.45, 2.75) is 33.0 Å². The zero-order valence-electron chi connectivity index (χ0n) is 11.7. The van der Waals surface area contributed by atoms with Gasteiger partial charge in [-0.1, -0.05) is 25.1 Å². The minimum absolute atomic E-state index is 0.821. The molecule has 1 aromatic heterocycles. The highest BCUT2D eigenvalue weighted by Gasteiger charge is 2.03. The Hall–Kier alpha value is -1.74. The zero-order valence-corrected chi connectivity index (χ0v) is 11.7. The quantitative estimate of drug-likeness (QED) is 0.825. The lowest BCUT2D eigenvalue weighted by Gasteiger charge is -2.11. The second kappa shape index (κ2) is 7.00. The number of nitrogens with one attached hydrogen (secondary N) is 1. The van der Waals surface area contributed by atoms with Crippen LogP contribution in [0.25, 0.3) is 0 Å². The summed E-state index contributed by atoms with van der Waals surface area (Å²) in [5.74, 6) is 0.943. The maximum Gasteiger partial charge on any atom is 0.123 e. The Labute approximate surface area is 115 Å². The smallest absolute Gasteiger partial charge is 0.123 e. The molecule has 19 heavy (non-hydrogen) atoms. The second-order valence-corrected chi connectivity index (χ2v) is 4.61. The van der Waals surface area contributed by atoms with E-state index < -0.39 is 0 Å². The van der Waals surface area contributed by atoms with Crippen molar-refractivity contribution in [2.75, 3.05) is 7.11 Å². The largest absolute Gasteiger partial charge is 0.496 e. The van der Waals surface area contributed by atoms with Crippen LogP contribution in [0.3, 0.4) is 0 Å². The van der Waals surface area contributed by atoms with Gasteiger partial charge in [0.05, 0.1) is 7.11 Å². The summed E-state index contributed by atoms with van der Waals surface area (Å²) >= 11 is 0. The first-order valence-electron chi connectivity index (χ1n) is 6.81. The van der Waals surface area contributed by atoms with E-state index in [-0.39, 0.29) is 0 Å². The SMILES string of the molecule is CCCn1cccc1CNCc1ccccc1OC. The van der Waals surface area contributed by atoms with Crippen LogP contribution in [-0.2, 0) is 19.6 Å². The van der Waals surface area contributed by atoms with Crippen molar-refractivity contribution >= 4 is 0 Å². The third-order valence-electron chi connectivity index (χ3n) is 3.20. The minimum atomic E-state index is 0.821. The summed E-state index contributed by atoms with van der Waals surface area (Å²) in [5.41, 5.74) is 2.52. The van der Waals surface area contributed by atoms with Crippen LogP contribution in [-0.4, -0.2) is 11.7 Å². The van der Waals surface area contributed by atoms with Gasteiger partial charge in [0, 0.05) is 37.1 Å². The van der Waals surface area contributed by atoms with Gasteiger partial charge in [-0.2, -0.15) is 0 Å². The fraction of sp³-hybridized carbons (Fsp3) is 0.375. The highest BCUT2D eigenvalue weighted by atomic mass is 16.5. The summed E-state index contributed by atoms with van der Waals surface area (Å²) in [4.78, 5) is 0. The molecule has 0 saturated heterocycles. The Morgan fingerprint density at radius 1 is 1.11 bits per heavy atom. The number of ether oxygens (including phenoxy) is 1. The monoisotopic (exact) mass is 258 g/mol. The number of aryl methyl sites for hydroxylation is 1. The van der Waals surface area contributed by atoms with E-state index in [1.807, 2.05) is 18.2 Å². The summed E-state index contributed by atoms with van der Waals surface area (Å²) in [5, 5.41) is 3.48. The molecule has 2 aromatic rings. The molecule has 0 fully saturated rings. The van der Waals surface area contributed by atoms with Gasteiger partial charge in [-0.25, -0.2) is 0 Å². The molecular weight excluding hydrogens is 236 g/mol. The van der Waals surface area contributed by atoms with Gasteiger partial charge >= 0.3 is 0 Å². The summed E-state index contributed by atoms with van der Waals surface area (Å²) in [6.45, 7) is 4.98. The molecule has 0 atom stereocenters. The van der Waals surface area contributed by atoms with Gasteiger partial charge in [0.25, 0.3) is 0 Å². The van der Waals surface area contributed by atoms with Crippen molar-refractivity contribution in [3.05, 3.63) is 53.9 Å². The van der Waals surface area contributed by atoms with E-state index in [0.717, 1.165) is 31.8 Å². The minimum Gasteiger partial charge on any atom is -0.496 e. The number of para-hydroxylation sites is 1. The number of hydrogen-bond donors (Lipinski definition) is 1. The van der Waals surface area contributed by atoms with Gasteiger partial charge in [-0.15, -0.1) is 0 Å². The van der Waals surface area contributed by atoms with Gasteiger partial charge < -0.3 is 14.6 Å². The molecule has 0 spiro atoms. The van der Waals surface area contributed by atoms with Crippen LogP contribution in [0.5, 0.6) is 5.75 Å². The maximum atomic E-state index is 5.35. The third kappa shape index (κ3) is 3.61. The molecule has 1 aromatic carbocycles. The van der Waals surface area contributed by atoms with Crippen LogP contribution in [0.1, 0.15) is 24.6 Å². The molecule has 3 nitrogen and oxygen atoms in total. The molecule has 2 rings (SSSR count). The first-order valence-corrected chi connectivity index (χ1v) is 6.81. The maximum absolute atomic E-state index is 5.35. The average molecular weight is 258 g/mol. The van der Waals surface area contributed by atoms with Crippen LogP contribution >= 0.6 is 0 Å². The van der Waals surface area contributed by atoms with E-state index in [1.54, 1.807) is 7.11 Å². The van der Waals surface area contributed by atoms with Crippen LogP contribution in [0.15, 0.2) is 42.6 Å². The van der Waals surface area contributed by atoms with E-state index in [1.165, 1.54) is 11.3 Å². The van der Waals surface area contributed by atoms with Crippen LogP contribution in [0.4, 0.5) is 0 Å². The van der Waals surface area contributed by atoms with Crippen molar-refractivity contribution in [1.82, 2.24) is 9.88 Å². The number of aromatic nitrogens is 1. The molecule has 0 bridgehead atoms. The topological polar surface area (TPSA) is 26.2 Å². The van der Waals surface area contributed by atoms with E-state index in [0.29, 0.717) is 0 Å². The van der Waals surface area contributed by atoms with Crippen LogP contribution < -0.4 is 10.1 Å². The average Bonchev–Trinajstić information content (AvgIpc) is 2.87. The molecule has 0 saturated carbocycles. The standard InChI is InChI=1S/C16H22N2O/c1-3-10-18-11-6-8-15(18)13-17-12-14-7-4-5-9-16(14)19-2/h4-9,11,17H,3,10,12-13H2,1-2H3. The van der Waals surface area contributed by atoms with Gasteiger partial charge in [0.15, 0.2) is 0 Å². The molecule has 0 radical (unpaired) electrons. The number of nitrogens with zero attached hydrogens (tertiary/aromatic N) is 1. The normalized spacial score (nSPS) is 10.6. The first kappa shape index (κ1) is 13.7. The molecule has 0 unspecified atom stereocenters. The van der Waals surface area contributed by atoms with E-state index in [9.17, 15) is 0 Å². The van der Waals surface area contributed by atoms with E-state index in [4.69, 9.17) is 4.74 Å². The van der Waals surface area contributed by atoms with Crippen molar-refractivity contribution in [3.63, 3.8) is 0 Å². The van der Waals surface area contributed by atoms with Gasteiger partial charge in [-0.05, 0) is 24.6 Å². The highest BCUT2D eigenvalue weighted by molar-refractivity contribution is 5.33. The van der Waals surface area contributed by atoms with Gasteiger partial charge in [-0.3, -0.25) is 0 Å². The molecule has 0 aliphatic heterocycles. The zero-order chi connectivity index (χ0) is 13.5. The third-order valence-corrected chi connectivity index (χ3v) is 3.20. The Morgan fingerprint density at radius 3 is 2.74 bits per heavy atom. The predicted octanol–water partition coefficient (Wildman–Crippen LogP) is 3.20. The lowest BCUT2D eigenvalue weighted by Crippen LogP contribution is -2.16. The Balaban J connectivity index is 1.91. The fourth-order valence-corrected chi connectivity index (χ4v) is 2.24. The summed E-state index contributed by atoms with van der Waals surface area (Å²) in [6.07, 6.45) is 3.30.